The molecule has 3 rings (SSSR count). The molecule has 0 bridgehead atoms. The predicted molar refractivity (Wildman–Crippen MR) is 105 cm³/mol. The van der Waals surface area contributed by atoms with Crippen LogP contribution in [0.2, 0.25) is 5.02 Å². The highest BCUT2D eigenvalue weighted by Crippen LogP contribution is 2.32. The van der Waals surface area contributed by atoms with Crippen LogP contribution in [0.5, 0.6) is 0 Å². The number of hydrogen-bond acceptors (Lipinski definition) is 5. The normalized spacial score (nSPS) is 20.5. The average molecular weight is 410 g/mol. The van der Waals surface area contributed by atoms with Crippen LogP contribution in [0.1, 0.15) is 12.0 Å². The molecule has 0 saturated carbocycles. The number of nitrogens with zero attached hydrogens (tertiary/aromatic N) is 2. The molecule has 144 valence electrons. The Labute approximate surface area is 167 Å². The molecule has 1 aromatic carbocycles. The lowest BCUT2D eigenvalue weighted by atomic mass is 10.2. The molecule has 0 unspecified atom stereocenters. The summed E-state index contributed by atoms with van der Waals surface area (Å²) in [5, 5.41) is 2.15. The summed E-state index contributed by atoms with van der Waals surface area (Å²) >= 11 is 6.74. The van der Waals surface area contributed by atoms with Crippen LogP contribution in [0.4, 0.5) is 4.79 Å². The summed E-state index contributed by atoms with van der Waals surface area (Å²) in [5.41, 5.74) is 3.64. The lowest BCUT2D eigenvalue weighted by molar-refractivity contribution is -0.884. The van der Waals surface area contributed by atoms with Crippen molar-refractivity contribution in [3.05, 3.63) is 39.8 Å². The highest BCUT2D eigenvalue weighted by Gasteiger charge is 2.35. The van der Waals surface area contributed by atoms with Gasteiger partial charge in [-0.2, -0.15) is 0 Å². The highest BCUT2D eigenvalue weighted by molar-refractivity contribution is 8.18. The van der Waals surface area contributed by atoms with E-state index in [9.17, 15) is 14.4 Å². The molecule has 0 radical (unpaired) electrons. The second kappa shape index (κ2) is 8.88. The van der Waals surface area contributed by atoms with Crippen LogP contribution in [-0.4, -0.2) is 66.7 Å². The number of hydrogen-bond donors (Lipinski definition) is 2. The number of piperazine rings is 1. The molecule has 9 heteroatoms. The Balaban J connectivity index is 1.53. The number of likely N-dealkylation sites (N-methyl/N-ethyl adjacent to an activating group) is 1. The zero-order valence-electron chi connectivity index (χ0n) is 15.0. The fourth-order valence-electron chi connectivity index (χ4n) is 2.85. The topological polar surface area (TPSA) is 74.2 Å². The maximum absolute atomic E-state index is 12.5. The van der Waals surface area contributed by atoms with E-state index in [1.807, 2.05) is 5.01 Å². The van der Waals surface area contributed by atoms with E-state index >= 15 is 0 Å². The third-order valence-corrected chi connectivity index (χ3v) is 5.66. The van der Waals surface area contributed by atoms with Crippen LogP contribution in [0.25, 0.3) is 6.08 Å². The van der Waals surface area contributed by atoms with Gasteiger partial charge in [0.2, 0.25) is 5.91 Å². The predicted octanol–water partition coefficient (Wildman–Crippen LogP) is 0.628. The molecular formula is C18H22ClN4O3S+. The van der Waals surface area contributed by atoms with Gasteiger partial charge >= 0.3 is 0 Å². The zero-order valence-corrected chi connectivity index (χ0v) is 16.6. The van der Waals surface area contributed by atoms with Crippen molar-refractivity contribution in [1.29, 1.82) is 0 Å². The minimum absolute atomic E-state index is 0.0768. The van der Waals surface area contributed by atoms with Crippen LogP contribution >= 0.6 is 23.4 Å². The number of imide groups is 1. The number of carbonyl (C=O) groups excluding carboxylic acids is 3. The molecule has 2 aliphatic rings. The molecule has 7 nitrogen and oxygen atoms in total. The maximum atomic E-state index is 12.5. The van der Waals surface area contributed by atoms with E-state index in [0.717, 1.165) is 48.4 Å². The van der Waals surface area contributed by atoms with E-state index in [1.54, 1.807) is 30.3 Å². The number of thioether (sulfide) groups is 1. The standard InChI is InChI=1S/C18H21ClN4O3S/c1-21-8-10-22(11-9-21)20-16(24)6-7-23-17(25)15(27-18(23)26)12-13-2-4-14(19)5-3-13/h2-5,12H,6-11H2,1H3,(H,20,24)/p+1/b15-12-. The Kier molecular flexibility index (Phi) is 6.54. The number of amides is 3. The Morgan fingerprint density at radius 1 is 1.26 bits per heavy atom. The molecule has 2 N–H and O–H groups in total. The summed E-state index contributed by atoms with van der Waals surface area (Å²) in [6.45, 7) is 3.61. The van der Waals surface area contributed by atoms with Crippen LogP contribution < -0.4 is 10.3 Å². The molecule has 2 aliphatic heterocycles. The summed E-state index contributed by atoms with van der Waals surface area (Å²) in [6, 6.07) is 7.01. The van der Waals surface area contributed by atoms with Crippen molar-refractivity contribution in [1.82, 2.24) is 15.3 Å². The van der Waals surface area contributed by atoms with Crippen molar-refractivity contribution in [2.75, 3.05) is 39.8 Å². The number of hydrazine groups is 1. The van der Waals surface area contributed by atoms with Gasteiger partial charge in [-0.3, -0.25) is 24.7 Å². The van der Waals surface area contributed by atoms with Gasteiger partial charge in [0.15, 0.2) is 0 Å². The van der Waals surface area contributed by atoms with Crippen molar-refractivity contribution in [3.63, 3.8) is 0 Å². The molecule has 27 heavy (non-hydrogen) atoms. The third kappa shape index (κ3) is 5.32. The van der Waals surface area contributed by atoms with E-state index in [4.69, 9.17) is 11.6 Å². The van der Waals surface area contributed by atoms with Crippen LogP contribution in [0, 0.1) is 0 Å². The van der Waals surface area contributed by atoms with Gasteiger partial charge in [0.05, 0.1) is 38.1 Å². The van der Waals surface area contributed by atoms with Gasteiger partial charge in [-0.1, -0.05) is 23.7 Å². The summed E-state index contributed by atoms with van der Waals surface area (Å²) < 4.78 is 0. The zero-order chi connectivity index (χ0) is 19.4. The Morgan fingerprint density at radius 2 is 1.93 bits per heavy atom. The molecule has 2 fully saturated rings. The Hall–Kier alpha value is -1.87. The first-order chi connectivity index (χ1) is 12.9. The molecule has 0 aromatic heterocycles. The van der Waals surface area contributed by atoms with Crippen molar-refractivity contribution in [2.24, 2.45) is 0 Å². The summed E-state index contributed by atoms with van der Waals surface area (Å²) in [7, 11) is 2.12. The average Bonchev–Trinajstić information content (AvgIpc) is 2.90. The largest absolute Gasteiger partial charge is 0.335 e. The number of quaternary nitrogens is 1. The van der Waals surface area contributed by atoms with Gasteiger partial charge < -0.3 is 4.90 Å². The van der Waals surface area contributed by atoms with E-state index in [1.165, 1.54) is 4.90 Å². The highest BCUT2D eigenvalue weighted by atomic mass is 35.5. The van der Waals surface area contributed by atoms with Crippen molar-refractivity contribution in [2.45, 2.75) is 6.42 Å². The maximum Gasteiger partial charge on any atom is 0.293 e. The van der Waals surface area contributed by atoms with E-state index < -0.39 is 0 Å². The van der Waals surface area contributed by atoms with E-state index in [-0.39, 0.29) is 30.0 Å². The van der Waals surface area contributed by atoms with E-state index in [2.05, 4.69) is 12.5 Å². The minimum atomic E-state index is -0.365. The smallest absolute Gasteiger partial charge is 0.293 e. The Bertz CT molecular complexity index is 760. The SMILES string of the molecule is C[NH+]1CCN(NC(=O)CCN2C(=O)S/C(=C\c3ccc(Cl)cc3)C2=O)CC1. The molecule has 0 spiro atoms. The Morgan fingerprint density at radius 3 is 2.59 bits per heavy atom. The van der Waals surface area contributed by atoms with Crippen LogP contribution in [0.15, 0.2) is 29.2 Å². The van der Waals surface area contributed by atoms with Crippen LogP contribution in [-0.2, 0) is 9.59 Å². The number of carbonyl (C=O) groups is 3. The van der Waals surface area contributed by atoms with Crippen LogP contribution in [0.3, 0.4) is 0 Å². The number of rotatable bonds is 5. The second-order valence-electron chi connectivity index (χ2n) is 6.61. The summed E-state index contributed by atoms with van der Waals surface area (Å²) in [4.78, 5) is 39.6. The van der Waals surface area contributed by atoms with Gasteiger partial charge in [-0.05, 0) is 35.5 Å². The quantitative estimate of drug-likeness (QED) is 0.698. The van der Waals surface area contributed by atoms with E-state index in [0.29, 0.717) is 9.93 Å². The fourth-order valence-corrected chi connectivity index (χ4v) is 3.84. The third-order valence-electron chi connectivity index (χ3n) is 4.50. The lowest BCUT2D eigenvalue weighted by Crippen LogP contribution is -3.12. The molecule has 3 amide bonds. The van der Waals surface area contributed by atoms with Crippen molar-refractivity contribution >= 4 is 46.5 Å². The molecule has 2 saturated heterocycles. The number of halogens is 1. The second-order valence-corrected chi connectivity index (χ2v) is 8.04. The summed E-state index contributed by atoms with van der Waals surface area (Å²) in [6.07, 6.45) is 1.75. The molecule has 2 heterocycles. The minimum Gasteiger partial charge on any atom is -0.335 e. The van der Waals surface area contributed by atoms with Gasteiger partial charge in [-0.15, -0.1) is 0 Å². The lowest BCUT2D eigenvalue weighted by Gasteiger charge is -2.30. The monoisotopic (exact) mass is 409 g/mol. The van der Waals surface area contributed by atoms with Gasteiger partial charge in [0.1, 0.15) is 0 Å². The molecule has 1 aromatic rings. The fraction of sp³-hybridized carbons (Fsp3) is 0.389. The first-order valence-electron chi connectivity index (χ1n) is 8.79. The van der Waals surface area contributed by atoms with Gasteiger partial charge in [-0.25, -0.2) is 5.01 Å². The molecular weight excluding hydrogens is 388 g/mol. The van der Waals surface area contributed by atoms with Crippen molar-refractivity contribution in [3.8, 4) is 0 Å². The number of benzene rings is 1. The first kappa shape index (κ1) is 19.9. The molecule has 0 aliphatic carbocycles. The first-order valence-corrected chi connectivity index (χ1v) is 9.98. The van der Waals surface area contributed by atoms with Gasteiger partial charge in [0, 0.05) is 18.0 Å². The van der Waals surface area contributed by atoms with Crippen molar-refractivity contribution < 1.29 is 19.3 Å². The summed E-state index contributed by atoms with van der Waals surface area (Å²) in [5.74, 6) is -0.550. The molecule has 0 atom stereocenters. The number of nitrogens with one attached hydrogen (secondary N) is 2. The van der Waals surface area contributed by atoms with Gasteiger partial charge in [0.25, 0.3) is 11.1 Å².